The third-order valence-corrected chi connectivity index (χ3v) is 7.91. The quantitative estimate of drug-likeness (QED) is 0.0646. The van der Waals surface area contributed by atoms with Crippen LogP contribution in [0, 0.1) is 0 Å². The van der Waals surface area contributed by atoms with E-state index in [0.717, 1.165) is 61.6 Å². The zero-order valence-corrected chi connectivity index (χ0v) is 27.7. The lowest BCUT2D eigenvalue weighted by Crippen LogP contribution is -2.34. The molecule has 0 aliphatic rings. The molecule has 0 radical (unpaired) electrons. The predicted octanol–water partition coefficient (Wildman–Crippen LogP) is 10.9. The summed E-state index contributed by atoms with van der Waals surface area (Å²) in [5.74, 6) is -0.796. The number of benzene rings is 2. The Balaban J connectivity index is 1.46. The van der Waals surface area contributed by atoms with E-state index in [4.69, 9.17) is 14.2 Å². The van der Waals surface area contributed by atoms with Gasteiger partial charge in [-0.05, 0) is 66.8 Å². The van der Waals surface area contributed by atoms with Crippen LogP contribution in [0.1, 0.15) is 125 Å². The first-order valence-electron chi connectivity index (χ1n) is 17.0. The molecule has 0 N–H and O–H groups in total. The van der Waals surface area contributed by atoms with Crippen molar-refractivity contribution >= 4 is 11.9 Å². The average Bonchev–Trinajstić information content (AvgIpc) is 3.07. The van der Waals surface area contributed by atoms with Gasteiger partial charge in [0.05, 0.1) is 12.2 Å². The zero-order chi connectivity index (χ0) is 33.9. The number of aromatic nitrogens is 1. The maximum absolute atomic E-state index is 13.5. The van der Waals surface area contributed by atoms with Gasteiger partial charge in [0.15, 0.2) is 6.10 Å². The fourth-order valence-corrected chi connectivity index (χ4v) is 5.10. The molecule has 9 heteroatoms. The number of hydrogen-bond acceptors (Lipinski definition) is 6. The van der Waals surface area contributed by atoms with Crippen LogP contribution in [0.15, 0.2) is 66.9 Å². The molecule has 0 saturated carbocycles. The lowest BCUT2D eigenvalue weighted by molar-refractivity contribution is -0.206. The summed E-state index contributed by atoms with van der Waals surface area (Å²) in [5.41, 5.74) is 1.63. The molecule has 0 spiro atoms. The topological polar surface area (TPSA) is 74.7 Å². The molecule has 0 fully saturated rings. The molecule has 3 aromatic rings. The molecule has 47 heavy (non-hydrogen) atoms. The minimum Gasteiger partial charge on any atom is -0.494 e. The number of carbonyl (C=O) groups excluding carboxylic acids is 2. The Morgan fingerprint density at radius 3 is 1.72 bits per heavy atom. The van der Waals surface area contributed by atoms with Crippen LogP contribution in [0.3, 0.4) is 0 Å². The summed E-state index contributed by atoms with van der Waals surface area (Å²) in [6.45, 7) is 5.02. The highest BCUT2D eigenvalue weighted by molar-refractivity contribution is 5.92. The molecule has 0 aliphatic heterocycles. The van der Waals surface area contributed by atoms with E-state index < -0.39 is 24.2 Å². The van der Waals surface area contributed by atoms with Crippen LogP contribution in [0.4, 0.5) is 13.2 Å². The van der Waals surface area contributed by atoms with E-state index in [9.17, 15) is 22.8 Å². The largest absolute Gasteiger partial charge is 0.494 e. The lowest BCUT2D eigenvalue weighted by atomic mass is 10.1. The number of pyridine rings is 1. The lowest BCUT2D eigenvalue weighted by Gasteiger charge is -2.20. The standard InChI is InChI=1S/C38H48F3NO5/c1-3-5-7-9-10-11-12-14-16-35(38(39,40)41)47-36(43)31-21-26-34(42-28-31)37(44)46-33-24-19-30(20-25-33)29-17-22-32(23-18-29)45-27-15-13-8-6-4-2/h17-26,28,35H,3-16,27H2,1-2H3/t35-/m1/s1. The van der Waals surface area contributed by atoms with Gasteiger partial charge in [-0.25, -0.2) is 14.6 Å². The van der Waals surface area contributed by atoms with E-state index in [-0.39, 0.29) is 17.7 Å². The van der Waals surface area contributed by atoms with Gasteiger partial charge in [-0.15, -0.1) is 0 Å². The fourth-order valence-electron chi connectivity index (χ4n) is 5.10. The van der Waals surface area contributed by atoms with Gasteiger partial charge < -0.3 is 14.2 Å². The van der Waals surface area contributed by atoms with Gasteiger partial charge in [0.1, 0.15) is 17.2 Å². The molecule has 0 bridgehead atoms. The highest BCUT2D eigenvalue weighted by atomic mass is 19.4. The average molecular weight is 656 g/mol. The number of esters is 2. The van der Waals surface area contributed by atoms with Crippen molar-refractivity contribution in [2.24, 2.45) is 0 Å². The monoisotopic (exact) mass is 655 g/mol. The maximum atomic E-state index is 13.5. The van der Waals surface area contributed by atoms with Gasteiger partial charge in [-0.1, -0.05) is 109 Å². The van der Waals surface area contributed by atoms with Crippen molar-refractivity contribution in [1.82, 2.24) is 4.98 Å². The van der Waals surface area contributed by atoms with E-state index in [0.29, 0.717) is 25.2 Å². The Kier molecular flexibility index (Phi) is 16.3. The number of carbonyl (C=O) groups is 2. The first-order valence-corrected chi connectivity index (χ1v) is 17.0. The van der Waals surface area contributed by atoms with Crippen molar-refractivity contribution in [1.29, 1.82) is 0 Å². The Hall–Kier alpha value is -3.88. The molecule has 1 aromatic heterocycles. The highest BCUT2D eigenvalue weighted by Crippen LogP contribution is 2.29. The van der Waals surface area contributed by atoms with Crippen LogP contribution in [0.25, 0.3) is 11.1 Å². The Morgan fingerprint density at radius 2 is 1.19 bits per heavy atom. The molecule has 6 nitrogen and oxygen atoms in total. The number of hydrogen-bond donors (Lipinski definition) is 0. The maximum Gasteiger partial charge on any atom is 0.425 e. The minimum absolute atomic E-state index is 0.0992. The van der Waals surface area contributed by atoms with Gasteiger partial charge in [0, 0.05) is 6.20 Å². The summed E-state index contributed by atoms with van der Waals surface area (Å²) in [5, 5.41) is 0. The first kappa shape index (κ1) is 37.6. The molecule has 2 aromatic carbocycles. The summed E-state index contributed by atoms with van der Waals surface area (Å²) < 4.78 is 56.7. The van der Waals surface area contributed by atoms with E-state index in [2.05, 4.69) is 18.8 Å². The van der Waals surface area contributed by atoms with Crippen LogP contribution < -0.4 is 9.47 Å². The van der Waals surface area contributed by atoms with E-state index in [1.165, 1.54) is 44.2 Å². The molecule has 256 valence electrons. The van der Waals surface area contributed by atoms with Crippen LogP contribution in [-0.2, 0) is 4.74 Å². The number of unbranched alkanes of at least 4 members (excludes halogenated alkanes) is 11. The molecular weight excluding hydrogens is 607 g/mol. The van der Waals surface area contributed by atoms with Crippen molar-refractivity contribution in [3.63, 3.8) is 0 Å². The normalized spacial score (nSPS) is 12.0. The van der Waals surface area contributed by atoms with Crippen molar-refractivity contribution in [3.8, 4) is 22.6 Å². The Bertz CT molecular complexity index is 1330. The van der Waals surface area contributed by atoms with Crippen LogP contribution in [0.2, 0.25) is 0 Å². The molecule has 0 aliphatic carbocycles. The third-order valence-electron chi connectivity index (χ3n) is 7.91. The molecule has 1 atom stereocenters. The van der Waals surface area contributed by atoms with Gasteiger partial charge in [-0.2, -0.15) is 13.2 Å². The summed E-state index contributed by atoms with van der Waals surface area (Å²) in [6.07, 6.45) is 7.13. The van der Waals surface area contributed by atoms with Crippen LogP contribution in [0.5, 0.6) is 11.5 Å². The molecule has 0 unspecified atom stereocenters. The van der Waals surface area contributed by atoms with Crippen LogP contribution >= 0.6 is 0 Å². The number of rotatable bonds is 21. The minimum atomic E-state index is -4.67. The molecular formula is C38H48F3NO5. The molecule has 0 saturated heterocycles. The van der Waals surface area contributed by atoms with Crippen molar-refractivity contribution in [2.75, 3.05) is 6.61 Å². The SMILES string of the molecule is CCCCCCCCCC[C@@H](OC(=O)c1ccc(C(=O)Oc2ccc(-c3ccc(OCCCCCCC)cc3)cc2)nc1)C(F)(F)F. The van der Waals surface area contributed by atoms with Crippen molar-refractivity contribution in [3.05, 3.63) is 78.1 Å². The van der Waals surface area contributed by atoms with E-state index in [1.54, 1.807) is 12.1 Å². The van der Waals surface area contributed by atoms with Crippen molar-refractivity contribution in [2.45, 2.75) is 116 Å². The van der Waals surface area contributed by atoms with Gasteiger partial charge in [-0.3, -0.25) is 0 Å². The third kappa shape index (κ3) is 13.8. The number of alkyl halides is 3. The summed E-state index contributed by atoms with van der Waals surface area (Å²) in [6, 6.07) is 17.2. The van der Waals surface area contributed by atoms with Gasteiger partial charge >= 0.3 is 18.1 Å². The summed E-state index contributed by atoms with van der Waals surface area (Å²) in [4.78, 5) is 29.0. The highest BCUT2D eigenvalue weighted by Gasteiger charge is 2.42. The summed E-state index contributed by atoms with van der Waals surface area (Å²) >= 11 is 0. The van der Waals surface area contributed by atoms with Crippen LogP contribution in [-0.4, -0.2) is 35.8 Å². The Morgan fingerprint density at radius 1 is 0.660 bits per heavy atom. The smallest absolute Gasteiger partial charge is 0.425 e. The van der Waals surface area contributed by atoms with E-state index >= 15 is 0 Å². The molecule has 0 amide bonds. The number of halogens is 3. The second kappa shape index (κ2) is 20.4. The van der Waals surface area contributed by atoms with Crippen molar-refractivity contribution < 1.29 is 37.0 Å². The second-order valence-electron chi connectivity index (χ2n) is 11.8. The first-order chi connectivity index (χ1) is 22.7. The molecule has 1 heterocycles. The van der Waals surface area contributed by atoms with Gasteiger partial charge in [0.2, 0.25) is 0 Å². The summed E-state index contributed by atoms with van der Waals surface area (Å²) in [7, 11) is 0. The predicted molar refractivity (Wildman–Crippen MR) is 178 cm³/mol. The number of ether oxygens (including phenoxy) is 3. The fraction of sp³-hybridized carbons (Fsp3) is 0.500. The second-order valence-corrected chi connectivity index (χ2v) is 11.8. The number of nitrogens with zero attached hydrogens (tertiary/aromatic N) is 1. The van der Waals surface area contributed by atoms with Gasteiger partial charge in [0.25, 0.3) is 0 Å². The van der Waals surface area contributed by atoms with E-state index in [1.807, 2.05) is 36.4 Å². The Labute approximate surface area is 277 Å². The molecule has 3 rings (SSSR count). The zero-order valence-electron chi connectivity index (χ0n) is 27.7.